The van der Waals surface area contributed by atoms with Gasteiger partial charge in [-0.25, -0.2) is 0 Å². The Balaban J connectivity index is 2.04. The summed E-state index contributed by atoms with van der Waals surface area (Å²) in [5.41, 5.74) is 11.6. The predicted molar refractivity (Wildman–Crippen MR) is 60.9 cm³/mol. The SMILES string of the molecule is NCCCCCC(N)N1CCCCC1. The van der Waals surface area contributed by atoms with Crippen LogP contribution < -0.4 is 11.5 Å². The van der Waals surface area contributed by atoms with Gasteiger partial charge in [0.05, 0.1) is 6.17 Å². The lowest BCUT2D eigenvalue weighted by molar-refractivity contribution is 0.156. The summed E-state index contributed by atoms with van der Waals surface area (Å²) in [5.74, 6) is 0. The third-order valence-electron chi connectivity index (χ3n) is 3.06. The van der Waals surface area contributed by atoms with Crippen LogP contribution >= 0.6 is 0 Å². The summed E-state index contributed by atoms with van der Waals surface area (Å²) < 4.78 is 0. The summed E-state index contributed by atoms with van der Waals surface area (Å²) in [6.07, 6.45) is 9.09. The molecule has 0 amide bonds. The summed E-state index contributed by atoms with van der Waals surface area (Å²) in [4.78, 5) is 2.44. The lowest BCUT2D eigenvalue weighted by Crippen LogP contribution is -2.44. The van der Waals surface area contributed by atoms with E-state index in [2.05, 4.69) is 4.90 Å². The Hall–Kier alpha value is -0.120. The van der Waals surface area contributed by atoms with Crippen molar-refractivity contribution in [3.63, 3.8) is 0 Å². The highest BCUT2D eigenvalue weighted by atomic mass is 15.2. The molecular weight excluding hydrogens is 174 g/mol. The van der Waals surface area contributed by atoms with Gasteiger partial charge in [-0.15, -0.1) is 0 Å². The molecule has 0 aromatic carbocycles. The molecule has 1 aliphatic heterocycles. The molecule has 0 aliphatic carbocycles. The first kappa shape index (κ1) is 12.0. The molecule has 1 unspecified atom stereocenters. The van der Waals surface area contributed by atoms with Gasteiger partial charge < -0.3 is 11.5 Å². The van der Waals surface area contributed by atoms with Gasteiger partial charge in [0.1, 0.15) is 0 Å². The van der Waals surface area contributed by atoms with Crippen molar-refractivity contribution in [2.45, 2.75) is 51.1 Å². The van der Waals surface area contributed by atoms with Gasteiger partial charge in [0.25, 0.3) is 0 Å². The fourth-order valence-corrected chi connectivity index (χ4v) is 2.11. The molecule has 1 atom stereocenters. The van der Waals surface area contributed by atoms with Crippen LogP contribution in [0, 0.1) is 0 Å². The Kier molecular flexibility index (Phi) is 6.15. The van der Waals surface area contributed by atoms with Gasteiger partial charge in [0, 0.05) is 0 Å². The van der Waals surface area contributed by atoms with E-state index in [1.54, 1.807) is 0 Å². The Labute approximate surface area is 87.8 Å². The quantitative estimate of drug-likeness (QED) is 0.634. The number of nitrogens with two attached hydrogens (primary N) is 2. The lowest BCUT2D eigenvalue weighted by atomic mass is 10.1. The second-order valence-electron chi connectivity index (χ2n) is 4.30. The normalized spacial score (nSPS) is 21.0. The van der Waals surface area contributed by atoms with E-state index < -0.39 is 0 Å². The number of piperidine rings is 1. The summed E-state index contributed by atoms with van der Waals surface area (Å²) in [5, 5.41) is 0. The molecule has 14 heavy (non-hydrogen) atoms. The Morgan fingerprint density at radius 1 is 1.00 bits per heavy atom. The van der Waals surface area contributed by atoms with E-state index in [1.165, 1.54) is 45.2 Å². The van der Waals surface area contributed by atoms with Crippen LogP contribution in [-0.4, -0.2) is 30.7 Å². The zero-order valence-corrected chi connectivity index (χ0v) is 9.25. The first-order chi connectivity index (χ1) is 6.84. The molecular formula is C11H25N3. The van der Waals surface area contributed by atoms with Crippen LogP contribution in [0.1, 0.15) is 44.9 Å². The standard InChI is InChI=1S/C11H25N3/c12-8-4-1-3-7-11(13)14-9-5-2-6-10-14/h11H,1-10,12-13H2. The van der Waals surface area contributed by atoms with E-state index in [4.69, 9.17) is 11.5 Å². The first-order valence-electron chi connectivity index (χ1n) is 6.04. The van der Waals surface area contributed by atoms with Gasteiger partial charge in [-0.2, -0.15) is 0 Å². The second kappa shape index (κ2) is 7.21. The van der Waals surface area contributed by atoms with Crippen LogP contribution in [0.3, 0.4) is 0 Å². The molecule has 1 fully saturated rings. The summed E-state index contributed by atoms with van der Waals surface area (Å²) in [7, 11) is 0. The summed E-state index contributed by atoms with van der Waals surface area (Å²) >= 11 is 0. The van der Waals surface area contributed by atoms with Crippen molar-refractivity contribution < 1.29 is 0 Å². The van der Waals surface area contributed by atoms with Gasteiger partial charge in [0.15, 0.2) is 0 Å². The number of nitrogens with zero attached hydrogens (tertiary/aromatic N) is 1. The molecule has 0 saturated carbocycles. The molecule has 0 aromatic heterocycles. The maximum Gasteiger partial charge on any atom is 0.0571 e. The zero-order valence-electron chi connectivity index (χ0n) is 9.25. The minimum atomic E-state index is 0.299. The first-order valence-corrected chi connectivity index (χ1v) is 6.04. The number of likely N-dealkylation sites (tertiary alicyclic amines) is 1. The van der Waals surface area contributed by atoms with Crippen molar-refractivity contribution in [1.82, 2.24) is 4.90 Å². The molecule has 0 aromatic rings. The van der Waals surface area contributed by atoms with Crippen molar-refractivity contribution in [3.05, 3.63) is 0 Å². The van der Waals surface area contributed by atoms with E-state index in [0.29, 0.717) is 6.17 Å². The van der Waals surface area contributed by atoms with Crippen LogP contribution in [-0.2, 0) is 0 Å². The molecule has 3 heteroatoms. The Morgan fingerprint density at radius 3 is 2.36 bits per heavy atom. The Bertz CT molecular complexity index is 132. The fraction of sp³-hybridized carbons (Fsp3) is 1.00. The molecule has 1 saturated heterocycles. The lowest BCUT2D eigenvalue weighted by Gasteiger charge is -2.32. The van der Waals surface area contributed by atoms with Gasteiger partial charge in [0.2, 0.25) is 0 Å². The number of unbranched alkanes of at least 4 members (excludes halogenated alkanes) is 2. The molecule has 4 N–H and O–H groups in total. The number of hydrogen-bond donors (Lipinski definition) is 2. The van der Waals surface area contributed by atoms with Crippen LogP contribution in [0.15, 0.2) is 0 Å². The van der Waals surface area contributed by atoms with Crippen molar-refractivity contribution in [2.75, 3.05) is 19.6 Å². The molecule has 3 nitrogen and oxygen atoms in total. The highest BCUT2D eigenvalue weighted by Gasteiger charge is 2.15. The van der Waals surface area contributed by atoms with Crippen LogP contribution in [0.4, 0.5) is 0 Å². The van der Waals surface area contributed by atoms with Gasteiger partial charge >= 0.3 is 0 Å². The molecule has 0 radical (unpaired) electrons. The average molecular weight is 199 g/mol. The largest absolute Gasteiger partial charge is 0.330 e. The van der Waals surface area contributed by atoms with E-state index in [0.717, 1.165) is 19.4 Å². The molecule has 1 aliphatic rings. The predicted octanol–water partition coefficient (Wildman–Crippen LogP) is 1.28. The van der Waals surface area contributed by atoms with E-state index in [9.17, 15) is 0 Å². The number of hydrogen-bond acceptors (Lipinski definition) is 3. The van der Waals surface area contributed by atoms with E-state index >= 15 is 0 Å². The van der Waals surface area contributed by atoms with Gasteiger partial charge in [-0.3, -0.25) is 4.90 Å². The minimum absolute atomic E-state index is 0.299. The zero-order chi connectivity index (χ0) is 10.2. The minimum Gasteiger partial charge on any atom is -0.330 e. The fourth-order valence-electron chi connectivity index (χ4n) is 2.11. The smallest absolute Gasteiger partial charge is 0.0571 e. The molecule has 1 rings (SSSR count). The van der Waals surface area contributed by atoms with Crippen LogP contribution in [0.25, 0.3) is 0 Å². The Morgan fingerprint density at radius 2 is 1.71 bits per heavy atom. The highest BCUT2D eigenvalue weighted by Crippen LogP contribution is 2.13. The highest BCUT2D eigenvalue weighted by molar-refractivity contribution is 4.70. The summed E-state index contributed by atoms with van der Waals surface area (Å²) in [6.45, 7) is 3.23. The van der Waals surface area contributed by atoms with Crippen LogP contribution in [0.5, 0.6) is 0 Å². The van der Waals surface area contributed by atoms with E-state index in [1.807, 2.05) is 0 Å². The topological polar surface area (TPSA) is 55.3 Å². The monoisotopic (exact) mass is 199 g/mol. The van der Waals surface area contributed by atoms with Crippen molar-refractivity contribution in [3.8, 4) is 0 Å². The van der Waals surface area contributed by atoms with Crippen molar-refractivity contribution in [2.24, 2.45) is 11.5 Å². The van der Waals surface area contributed by atoms with Crippen LogP contribution in [0.2, 0.25) is 0 Å². The molecule has 1 heterocycles. The molecule has 0 bridgehead atoms. The average Bonchev–Trinajstić information content (AvgIpc) is 2.25. The van der Waals surface area contributed by atoms with Crippen molar-refractivity contribution in [1.29, 1.82) is 0 Å². The van der Waals surface area contributed by atoms with E-state index in [-0.39, 0.29) is 0 Å². The summed E-state index contributed by atoms with van der Waals surface area (Å²) in [6, 6.07) is 0. The van der Waals surface area contributed by atoms with Gasteiger partial charge in [-0.05, 0) is 45.3 Å². The molecule has 84 valence electrons. The third kappa shape index (κ3) is 4.40. The van der Waals surface area contributed by atoms with Crippen molar-refractivity contribution >= 4 is 0 Å². The maximum absolute atomic E-state index is 6.13. The number of rotatable bonds is 6. The maximum atomic E-state index is 6.13. The van der Waals surface area contributed by atoms with Gasteiger partial charge in [-0.1, -0.05) is 19.3 Å². The third-order valence-corrected chi connectivity index (χ3v) is 3.06. The molecule has 0 spiro atoms. The second-order valence-corrected chi connectivity index (χ2v) is 4.30.